The van der Waals surface area contributed by atoms with Crippen molar-refractivity contribution in [2.75, 3.05) is 0 Å². The smallest absolute Gasteiger partial charge is 0.0118 e. The lowest BCUT2D eigenvalue weighted by Gasteiger charge is -2.30. The molecule has 0 spiro atoms. The van der Waals surface area contributed by atoms with Crippen LogP contribution in [0.3, 0.4) is 0 Å². The maximum Gasteiger partial charge on any atom is 0.0118 e. The molecule has 0 saturated carbocycles. The van der Waals surface area contributed by atoms with Gasteiger partial charge in [-0.05, 0) is 34.1 Å². The van der Waals surface area contributed by atoms with Crippen molar-refractivity contribution >= 4 is 9.39 Å². The van der Waals surface area contributed by atoms with Gasteiger partial charge >= 0.3 is 0 Å². The normalized spacial score (nSPS) is 16.7. The summed E-state index contributed by atoms with van der Waals surface area (Å²) in [5.41, 5.74) is 0. The quantitative estimate of drug-likeness (QED) is 0.689. The predicted octanol–water partition coefficient (Wildman–Crippen LogP) is 2.65. The lowest BCUT2D eigenvalue weighted by atomic mass is 10.1. The van der Waals surface area contributed by atoms with Gasteiger partial charge in [-0.2, -0.15) is 0 Å². The van der Waals surface area contributed by atoms with Gasteiger partial charge in [-0.15, -0.1) is 0 Å². The second-order valence-corrected chi connectivity index (χ2v) is 5.44. The Bertz CT molecular complexity index is 148. The van der Waals surface area contributed by atoms with E-state index >= 15 is 0 Å². The minimum absolute atomic E-state index is 0.578. The zero-order valence-electron chi connectivity index (χ0n) is 10.5. The topological polar surface area (TPSA) is 15.3 Å². The van der Waals surface area contributed by atoms with Crippen LogP contribution in [0.4, 0.5) is 0 Å². The zero-order chi connectivity index (χ0) is 11.3. The highest BCUT2D eigenvalue weighted by Gasteiger charge is 2.15. The van der Waals surface area contributed by atoms with Gasteiger partial charge in [0, 0.05) is 24.2 Å². The molecule has 0 amide bonds. The first-order valence-electron chi connectivity index (χ1n) is 5.63. The minimum atomic E-state index is 0.578. The average molecular weight is 218 g/mol. The van der Waals surface area contributed by atoms with Crippen LogP contribution in [0.2, 0.25) is 0 Å². The third-order valence-electron chi connectivity index (χ3n) is 2.42. The molecule has 0 aliphatic heterocycles. The van der Waals surface area contributed by atoms with E-state index in [1.54, 1.807) is 0 Å². The molecule has 0 aromatic heterocycles. The zero-order valence-corrected chi connectivity index (χ0v) is 11.7. The molecule has 3 atom stereocenters. The van der Waals surface area contributed by atoms with Crippen molar-refractivity contribution in [2.45, 2.75) is 72.1 Å². The van der Waals surface area contributed by atoms with Crippen LogP contribution in [-0.2, 0) is 0 Å². The van der Waals surface area contributed by atoms with Gasteiger partial charge in [0.15, 0.2) is 0 Å². The van der Waals surface area contributed by atoms with E-state index in [1.807, 2.05) is 0 Å². The van der Waals surface area contributed by atoms with Crippen molar-refractivity contribution in [3.63, 3.8) is 0 Å². The highest BCUT2D eigenvalue weighted by atomic mass is 31.0. The Balaban J connectivity index is 3.86. The van der Waals surface area contributed by atoms with Crippen LogP contribution in [-0.4, -0.2) is 28.8 Å². The van der Waals surface area contributed by atoms with E-state index in [9.17, 15) is 0 Å². The summed E-state index contributed by atoms with van der Waals surface area (Å²) >= 11 is 0. The fourth-order valence-corrected chi connectivity index (χ4v) is 1.90. The van der Waals surface area contributed by atoms with E-state index in [4.69, 9.17) is 0 Å². The SMILES string of the molecule is CC(C)NC(C)CC(C)N(P)C(C)C. The number of rotatable bonds is 6. The van der Waals surface area contributed by atoms with Crippen molar-refractivity contribution in [2.24, 2.45) is 0 Å². The van der Waals surface area contributed by atoms with Gasteiger partial charge in [0.1, 0.15) is 0 Å². The molecule has 0 fully saturated rings. The molecule has 3 unspecified atom stereocenters. The molecular formula is C11H27N2P. The third-order valence-corrected chi connectivity index (χ3v) is 3.52. The molecule has 0 aliphatic carbocycles. The standard InChI is InChI=1S/C11H27N2P/c1-8(2)12-10(5)7-11(6)13(14)9(3)4/h8-12H,7,14H2,1-6H3. The fraction of sp³-hybridized carbons (Fsp3) is 1.00. The van der Waals surface area contributed by atoms with Crippen molar-refractivity contribution in [1.82, 2.24) is 9.99 Å². The van der Waals surface area contributed by atoms with Gasteiger partial charge < -0.3 is 5.32 Å². The molecule has 2 nitrogen and oxygen atoms in total. The number of nitrogens with zero attached hydrogens (tertiary/aromatic N) is 1. The van der Waals surface area contributed by atoms with Gasteiger partial charge in [0.25, 0.3) is 0 Å². The van der Waals surface area contributed by atoms with Gasteiger partial charge in [0.05, 0.1) is 0 Å². The lowest BCUT2D eigenvalue weighted by molar-refractivity contribution is 0.276. The first-order valence-corrected chi connectivity index (χ1v) is 6.15. The van der Waals surface area contributed by atoms with E-state index < -0.39 is 0 Å². The van der Waals surface area contributed by atoms with E-state index in [0.717, 1.165) is 0 Å². The van der Waals surface area contributed by atoms with Crippen LogP contribution in [0, 0.1) is 0 Å². The summed E-state index contributed by atoms with van der Waals surface area (Å²) in [5, 5.41) is 3.53. The minimum Gasteiger partial charge on any atom is -0.312 e. The number of hydrogen-bond donors (Lipinski definition) is 1. The average Bonchev–Trinajstić information content (AvgIpc) is 2.00. The summed E-state index contributed by atoms with van der Waals surface area (Å²) in [6.07, 6.45) is 1.19. The summed E-state index contributed by atoms with van der Waals surface area (Å²) in [6, 6.07) is 2.38. The molecule has 0 saturated heterocycles. The molecular weight excluding hydrogens is 191 g/mol. The molecule has 0 rings (SSSR count). The van der Waals surface area contributed by atoms with E-state index in [1.165, 1.54) is 6.42 Å². The Morgan fingerprint density at radius 3 is 1.93 bits per heavy atom. The molecule has 0 bridgehead atoms. The Kier molecular flexibility index (Phi) is 6.93. The van der Waals surface area contributed by atoms with Gasteiger partial charge in [-0.25, -0.2) is 0 Å². The maximum atomic E-state index is 3.53. The number of hydrogen-bond acceptors (Lipinski definition) is 2. The molecule has 1 N–H and O–H groups in total. The molecule has 0 aliphatic rings. The highest BCUT2D eigenvalue weighted by Crippen LogP contribution is 2.15. The molecule has 3 heteroatoms. The van der Waals surface area contributed by atoms with Gasteiger partial charge in [-0.1, -0.05) is 23.2 Å². The van der Waals surface area contributed by atoms with Crippen LogP contribution in [0.1, 0.15) is 48.0 Å². The van der Waals surface area contributed by atoms with Crippen LogP contribution in [0.15, 0.2) is 0 Å². The van der Waals surface area contributed by atoms with Gasteiger partial charge in [-0.3, -0.25) is 4.67 Å². The third kappa shape index (κ3) is 5.95. The maximum absolute atomic E-state index is 3.53. The molecule has 14 heavy (non-hydrogen) atoms. The summed E-state index contributed by atoms with van der Waals surface area (Å²) in [6.45, 7) is 13.4. The van der Waals surface area contributed by atoms with Crippen molar-refractivity contribution in [3.05, 3.63) is 0 Å². The first kappa shape index (κ1) is 14.3. The second kappa shape index (κ2) is 6.76. The summed E-state index contributed by atoms with van der Waals surface area (Å²) in [5.74, 6) is 0. The van der Waals surface area contributed by atoms with Gasteiger partial charge in [0.2, 0.25) is 0 Å². The summed E-state index contributed by atoms with van der Waals surface area (Å²) in [7, 11) is 2.83. The predicted molar refractivity (Wildman–Crippen MR) is 68.5 cm³/mol. The van der Waals surface area contributed by atoms with E-state index in [-0.39, 0.29) is 0 Å². The lowest BCUT2D eigenvalue weighted by Crippen LogP contribution is -2.39. The fourth-order valence-electron chi connectivity index (χ4n) is 1.78. The molecule has 0 aromatic rings. The summed E-state index contributed by atoms with van der Waals surface area (Å²) in [4.78, 5) is 0. The Hall–Kier alpha value is 0.350. The number of nitrogens with one attached hydrogen (secondary N) is 1. The van der Waals surface area contributed by atoms with Crippen LogP contribution in [0.5, 0.6) is 0 Å². The Morgan fingerprint density at radius 2 is 1.57 bits per heavy atom. The van der Waals surface area contributed by atoms with Crippen LogP contribution >= 0.6 is 9.39 Å². The van der Waals surface area contributed by atoms with Crippen LogP contribution < -0.4 is 5.32 Å². The second-order valence-electron chi connectivity index (χ2n) is 4.85. The molecule has 0 heterocycles. The van der Waals surface area contributed by atoms with Crippen molar-refractivity contribution in [1.29, 1.82) is 0 Å². The Labute approximate surface area is 92.1 Å². The first-order chi connectivity index (χ1) is 6.34. The largest absolute Gasteiger partial charge is 0.312 e. The Morgan fingerprint density at radius 1 is 1.07 bits per heavy atom. The van der Waals surface area contributed by atoms with Crippen LogP contribution in [0.25, 0.3) is 0 Å². The molecule has 0 aromatic carbocycles. The van der Waals surface area contributed by atoms with Crippen molar-refractivity contribution < 1.29 is 0 Å². The highest BCUT2D eigenvalue weighted by molar-refractivity contribution is 7.13. The molecule has 0 radical (unpaired) electrons. The van der Waals surface area contributed by atoms with E-state index in [2.05, 4.69) is 60.9 Å². The monoisotopic (exact) mass is 218 g/mol. The summed E-state index contributed by atoms with van der Waals surface area (Å²) < 4.78 is 2.35. The molecule has 86 valence electrons. The van der Waals surface area contributed by atoms with Crippen molar-refractivity contribution in [3.8, 4) is 0 Å². The van der Waals surface area contributed by atoms with E-state index in [0.29, 0.717) is 24.2 Å².